The molecule has 0 atom stereocenters. The first-order chi connectivity index (χ1) is 5.33. The lowest BCUT2D eigenvalue weighted by atomic mass is 9.77. The number of hydrogen-bond acceptors (Lipinski definition) is 0. The molecule has 1 aliphatic carbocycles. The minimum atomic E-state index is 0.684. The van der Waals surface area contributed by atoms with Crippen LogP contribution in [0.25, 0.3) is 0 Å². The maximum Gasteiger partial charge on any atom is -0.0229 e. The van der Waals surface area contributed by atoms with E-state index in [-0.39, 0.29) is 0 Å². The van der Waals surface area contributed by atoms with Crippen LogP contribution in [0.1, 0.15) is 52.4 Å². The normalized spacial score (nSPS) is 20.9. The Labute approximate surface area is 70.7 Å². The van der Waals surface area contributed by atoms with Crippen LogP contribution < -0.4 is 0 Å². The molecule has 1 rings (SSSR count). The van der Waals surface area contributed by atoms with Crippen molar-refractivity contribution >= 4 is 0 Å². The Morgan fingerprint density at radius 1 is 1.00 bits per heavy atom. The molecule has 11 heavy (non-hydrogen) atoms. The van der Waals surface area contributed by atoms with Gasteiger partial charge in [-0.2, -0.15) is 0 Å². The third kappa shape index (κ3) is 2.08. The summed E-state index contributed by atoms with van der Waals surface area (Å²) in [6.45, 7) is 4.60. The molecule has 64 valence electrons. The first kappa shape index (κ1) is 8.83. The van der Waals surface area contributed by atoms with Crippen LogP contribution >= 0.6 is 0 Å². The number of hydrogen-bond donors (Lipinski definition) is 0. The van der Waals surface area contributed by atoms with Crippen LogP contribution in [0.2, 0.25) is 0 Å². The minimum Gasteiger partial charge on any atom is -0.0880 e. The Morgan fingerprint density at radius 2 is 1.45 bits per heavy atom. The summed E-state index contributed by atoms with van der Waals surface area (Å²) in [5, 5.41) is 0. The standard InChI is InChI=1S/C11H20/c1-3-7-11(8-4-2)9-5-6-10-11/h5-6H,3-4,7-10H2,1-2H3. The highest BCUT2D eigenvalue weighted by Gasteiger charge is 2.28. The highest BCUT2D eigenvalue weighted by molar-refractivity contribution is 5.02. The van der Waals surface area contributed by atoms with Gasteiger partial charge in [0.25, 0.3) is 0 Å². The van der Waals surface area contributed by atoms with Gasteiger partial charge < -0.3 is 0 Å². The Bertz CT molecular complexity index is 117. The quantitative estimate of drug-likeness (QED) is 0.535. The lowest BCUT2D eigenvalue weighted by Crippen LogP contribution is -2.15. The molecule has 0 heterocycles. The zero-order valence-corrected chi connectivity index (χ0v) is 7.90. The van der Waals surface area contributed by atoms with E-state index in [2.05, 4.69) is 26.0 Å². The van der Waals surface area contributed by atoms with E-state index in [0.29, 0.717) is 5.41 Å². The van der Waals surface area contributed by atoms with Gasteiger partial charge in [0.05, 0.1) is 0 Å². The first-order valence-electron chi connectivity index (χ1n) is 4.98. The molecule has 1 aliphatic rings. The summed E-state index contributed by atoms with van der Waals surface area (Å²) in [6.07, 6.45) is 13.0. The van der Waals surface area contributed by atoms with Crippen molar-refractivity contribution in [2.45, 2.75) is 52.4 Å². The fraction of sp³-hybridized carbons (Fsp3) is 0.818. The fourth-order valence-electron chi connectivity index (χ4n) is 2.34. The molecular formula is C11H20. The van der Waals surface area contributed by atoms with Crippen LogP contribution in [0.3, 0.4) is 0 Å². The zero-order valence-electron chi connectivity index (χ0n) is 7.90. The molecule has 0 N–H and O–H groups in total. The van der Waals surface area contributed by atoms with Crippen molar-refractivity contribution in [1.82, 2.24) is 0 Å². The molecule has 0 saturated heterocycles. The van der Waals surface area contributed by atoms with Gasteiger partial charge in [-0.1, -0.05) is 38.8 Å². The SMILES string of the molecule is CCCC1(CCC)CC=CC1. The summed E-state index contributed by atoms with van der Waals surface area (Å²) in [5.41, 5.74) is 0.684. The highest BCUT2D eigenvalue weighted by atomic mass is 14.3. The van der Waals surface area contributed by atoms with E-state index in [0.717, 1.165) is 0 Å². The van der Waals surface area contributed by atoms with E-state index in [9.17, 15) is 0 Å². The lowest BCUT2D eigenvalue weighted by molar-refractivity contribution is 0.254. The third-order valence-corrected chi connectivity index (χ3v) is 2.83. The van der Waals surface area contributed by atoms with Crippen LogP contribution in [0.5, 0.6) is 0 Å². The van der Waals surface area contributed by atoms with Crippen molar-refractivity contribution in [3.63, 3.8) is 0 Å². The summed E-state index contributed by atoms with van der Waals surface area (Å²) in [6, 6.07) is 0. The van der Waals surface area contributed by atoms with Crippen molar-refractivity contribution in [1.29, 1.82) is 0 Å². The Kier molecular flexibility index (Phi) is 3.16. The molecule has 0 nitrogen and oxygen atoms in total. The second kappa shape index (κ2) is 3.94. The van der Waals surface area contributed by atoms with Gasteiger partial charge in [-0.3, -0.25) is 0 Å². The van der Waals surface area contributed by atoms with Gasteiger partial charge in [-0.25, -0.2) is 0 Å². The molecule has 0 heteroatoms. The predicted molar refractivity (Wildman–Crippen MR) is 50.6 cm³/mol. The molecule has 0 aromatic rings. The van der Waals surface area contributed by atoms with Gasteiger partial charge in [-0.15, -0.1) is 0 Å². The topological polar surface area (TPSA) is 0 Å². The first-order valence-corrected chi connectivity index (χ1v) is 4.98. The van der Waals surface area contributed by atoms with E-state index < -0.39 is 0 Å². The molecule has 0 bridgehead atoms. The van der Waals surface area contributed by atoms with Crippen LogP contribution in [0.4, 0.5) is 0 Å². The fourth-order valence-corrected chi connectivity index (χ4v) is 2.34. The minimum absolute atomic E-state index is 0.684. The summed E-state index contributed by atoms with van der Waals surface area (Å²) in [4.78, 5) is 0. The molecule has 0 radical (unpaired) electrons. The average Bonchev–Trinajstić information content (AvgIpc) is 2.39. The van der Waals surface area contributed by atoms with Crippen molar-refractivity contribution in [3.05, 3.63) is 12.2 Å². The van der Waals surface area contributed by atoms with Gasteiger partial charge >= 0.3 is 0 Å². The van der Waals surface area contributed by atoms with E-state index in [1.165, 1.54) is 38.5 Å². The monoisotopic (exact) mass is 152 g/mol. The molecule has 0 aromatic carbocycles. The van der Waals surface area contributed by atoms with Gasteiger partial charge in [0.1, 0.15) is 0 Å². The predicted octanol–water partition coefficient (Wildman–Crippen LogP) is 3.92. The Balaban J connectivity index is 2.43. The largest absolute Gasteiger partial charge is 0.0880 e. The summed E-state index contributed by atoms with van der Waals surface area (Å²) >= 11 is 0. The summed E-state index contributed by atoms with van der Waals surface area (Å²) in [5.74, 6) is 0. The van der Waals surface area contributed by atoms with E-state index >= 15 is 0 Å². The maximum atomic E-state index is 2.37. The number of allylic oxidation sites excluding steroid dienone is 2. The van der Waals surface area contributed by atoms with Crippen LogP contribution in [-0.4, -0.2) is 0 Å². The lowest BCUT2D eigenvalue weighted by Gasteiger charge is -2.28. The maximum absolute atomic E-state index is 2.37. The van der Waals surface area contributed by atoms with E-state index in [1.54, 1.807) is 0 Å². The summed E-state index contributed by atoms with van der Waals surface area (Å²) < 4.78 is 0. The van der Waals surface area contributed by atoms with Gasteiger partial charge in [0.15, 0.2) is 0 Å². The molecule has 0 amide bonds. The zero-order chi connectivity index (χ0) is 8.16. The number of rotatable bonds is 4. The van der Waals surface area contributed by atoms with Crippen LogP contribution in [0.15, 0.2) is 12.2 Å². The van der Waals surface area contributed by atoms with Crippen molar-refractivity contribution in [2.75, 3.05) is 0 Å². The Morgan fingerprint density at radius 3 is 1.82 bits per heavy atom. The average molecular weight is 152 g/mol. The Hall–Kier alpha value is -0.260. The molecule has 0 aromatic heterocycles. The van der Waals surface area contributed by atoms with E-state index in [1.807, 2.05) is 0 Å². The van der Waals surface area contributed by atoms with E-state index in [4.69, 9.17) is 0 Å². The smallest absolute Gasteiger partial charge is 0.0229 e. The van der Waals surface area contributed by atoms with Gasteiger partial charge in [0.2, 0.25) is 0 Å². The van der Waals surface area contributed by atoms with Crippen molar-refractivity contribution in [2.24, 2.45) is 5.41 Å². The van der Waals surface area contributed by atoms with Gasteiger partial charge in [-0.05, 0) is 31.1 Å². The highest BCUT2D eigenvalue weighted by Crippen LogP contribution is 2.41. The molecule has 0 spiro atoms. The van der Waals surface area contributed by atoms with Crippen molar-refractivity contribution < 1.29 is 0 Å². The summed E-state index contributed by atoms with van der Waals surface area (Å²) in [7, 11) is 0. The molecule has 0 unspecified atom stereocenters. The van der Waals surface area contributed by atoms with Crippen LogP contribution in [-0.2, 0) is 0 Å². The van der Waals surface area contributed by atoms with Crippen LogP contribution in [0, 0.1) is 5.41 Å². The van der Waals surface area contributed by atoms with Crippen molar-refractivity contribution in [3.8, 4) is 0 Å². The van der Waals surface area contributed by atoms with Gasteiger partial charge in [0, 0.05) is 0 Å². The molecule has 0 aliphatic heterocycles. The molecule has 0 saturated carbocycles. The molecule has 0 fully saturated rings. The third-order valence-electron chi connectivity index (χ3n) is 2.83. The second-order valence-corrected chi connectivity index (χ2v) is 3.88. The second-order valence-electron chi connectivity index (χ2n) is 3.88. The molecular weight excluding hydrogens is 132 g/mol.